The highest BCUT2D eigenvalue weighted by molar-refractivity contribution is 6.04. The van der Waals surface area contributed by atoms with E-state index in [1.807, 2.05) is 0 Å². The molecule has 0 fully saturated rings. The molecule has 0 bridgehead atoms. The molecule has 0 aliphatic rings. The quantitative estimate of drug-likeness (QED) is 0.637. The van der Waals surface area contributed by atoms with Gasteiger partial charge < -0.3 is 15.2 Å². The molecule has 1 amide bonds. The van der Waals surface area contributed by atoms with E-state index in [2.05, 4.69) is 10.3 Å². The Morgan fingerprint density at radius 1 is 0.966 bits per heavy atom. The van der Waals surface area contributed by atoms with Crippen molar-refractivity contribution in [1.82, 2.24) is 4.98 Å². The van der Waals surface area contributed by atoms with Crippen LogP contribution in [0.25, 0.3) is 0 Å². The van der Waals surface area contributed by atoms with Crippen molar-refractivity contribution in [2.75, 3.05) is 5.32 Å². The maximum absolute atomic E-state index is 12.8. The van der Waals surface area contributed by atoms with Crippen molar-refractivity contribution in [2.24, 2.45) is 0 Å². The summed E-state index contributed by atoms with van der Waals surface area (Å²) in [7, 11) is 0. The van der Waals surface area contributed by atoms with Crippen molar-refractivity contribution >= 4 is 17.6 Å². The lowest BCUT2D eigenvalue weighted by Crippen LogP contribution is -2.13. The van der Waals surface area contributed by atoms with Gasteiger partial charge in [0.2, 0.25) is 5.88 Å². The average Bonchev–Trinajstić information content (AvgIpc) is 2.68. The third-order valence-corrected chi connectivity index (χ3v) is 3.77. The van der Waals surface area contributed by atoms with Gasteiger partial charge >= 0.3 is 12.1 Å². The zero-order chi connectivity index (χ0) is 21.0. The topological polar surface area (TPSA) is 88.5 Å². The highest BCUT2D eigenvalue weighted by Crippen LogP contribution is 2.30. The van der Waals surface area contributed by atoms with Crippen LogP contribution in [-0.2, 0) is 6.18 Å². The van der Waals surface area contributed by atoms with Crippen LogP contribution >= 0.6 is 0 Å². The Bertz CT molecular complexity index is 1050. The molecule has 1 aromatic heterocycles. The van der Waals surface area contributed by atoms with E-state index < -0.39 is 23.6 Å². The zero-order valence-electron chi connectivity index (χ0n) is 14.6. The Labute approximate surface area is 162 Å². The summed E-state index contributed by atoms with van der Waals surface area (Å²) < 4.78 is 43.8. The number of amides is 1. The first-order chi connectivity index (χ1) is 13.7. The van der Waals surface area contributed by atoms with Crippen LogP contribution in [-0.4, -0.2) is 22.0 Å². The molecule has 0 aliphatic heterocycles. The van der Waals surface area contributed by atoms with Gasteiger partial charge in [0.05, 0.1) is 11.1 Å². The minimum Gasteiger partial charge on any atom is -0.478 e. The molecule has 0 atom stereocenters. The number of carbonyl (C=O) groups is 2. The second-order valence-corrected chi connectivity index (χ2v) is 5.85. The summed E-state index contributed by atoms with van der Waals surface area (Å²) in [5, 5.41) is 11.3. The van der Waals surface area contributed by atoms with Crippen LogP contribution in [0, 0.1) is 0 Å². The van der Waals surface area contributed by atoms with E-state index in [9.17, 15) is 22.8 Å². The van der Waals surface area contributed by atoms with Crippen molar-refractivity contribution < 1.29 is 32.6 Å². The molecule has 0 saturated heterocycles. The number of ether oxygens (including phenoxy) is 1. The van der Waals surface area contributed by atoms with E-state index in [-0.39, 0.29) is 22.7 Å². The Hall–Kier alpha value is -3.88. The number of aromatic nitrogens is 1. The molecule has 29 heavy (non-hydrogen) atoms. The summed E-state index contributed by atoms with van der Waals surface area (Å²) in [6.45, 7) is 0. The fourth-order valence-corrected chi connectivity index (χ4v) is 2.37. The van der Waals surface area contributed by atoms with Crippen LogP contribution < -0.4 is 10.1 Å². The molecule has 2 N–H and O–H groups in total. The van der Waals surface area contributed by atoms with Gasteiger partial charge in [-0.15, -0.1) is 0 Å². The van der Waals surface area contributed by atoms with Gasteiger partial charge in [-0.3, -0.25) is 4.79 Å². The first-order valence-electron chi connectivity index (χ1n) is 8.18. The Morgan fingerprint density at radius 2 is 1.69 bits per heavy atom. The highest BCUT2D eigenvalue weighted by atomic mass is 19.4. The summed E-state index contributed by atoms with van der Waals surface area (Å²) in [4.78, 5) is 27.2. The SMILES string of the molecule is O=C(O)c1ccc(Oc2cc(C(=O)Nc3cccc(C(F)(F)F)c3)ccn2)cc1. The number of pyridine rings is 1. The molecule has 0 unspecified atom stereocenters. The number of rotatable bonds is 5. The lowest BCUT2D eigenvalue weighted by molar-refractivity contribution is -0.137. The molecule has 0 radical (unpaired) electrons. The van der Waals surface area contributed by atoms with Gasteiger partial charge in [-0.05, 0) is 48.5 Å². The number of carboxylic acids is 1. The number of hydrogen-bond donors (Lipinski definition) is 2. The molecule has 9 heteroatoms. The molecular weight excluding hydrogens is 389 g/mol. The number of carbonyl (C=O) groups excluding carboxylic acids is 1. The van der Waals surface area contributed by atoms with E-state index in [1.54, 1.807) is 0 Å². The van der Waals surface area contributed by atoms with Crippen molar-refractivity contribution in [3.8, 4) is 11.6 Å². The van der Waals surface area contributed by atoms with Crippen LogP contribution in [0.15, 0.2) is 66.9 Å². The van der Waals surface area contributed by atoms with E-state index in [0.29, 0.717) is 5.75 Å². The number of nitrogens with one attached hydrogen (secondary N) is 1. The van der Waals surface area contributed by atoms with Gasteiger partial charge in [0.1, 0.15) is 5.75 Å². The lowest BCUT2D eigenvalue weighted by atomic mass is 10.2. The molecule has 0 aliphatic carbocycles. The molecule has 3 aromatic rings. The second kappa shape index (κ2) is 8.01. The second-order valence-electron chi connectivity index (χ2n) is 5.85. The lowest BCUT2D eigenvalue weighted by Gasteiger charge is -2.10. The van der Waals surface area contributed by atoms with Crippen LogP contribution in [0.5, 0.6) is 11.6 Å². The third-order valence-electron chi connectivity index (χ3n) is 3.77. The molecule has 1 heterocycles. The number of aromatic carboxylic acids is 1. The summed E-state index contributed by atoms with van der Waals surface area (Å²) >= 11 is 0. The van der Waals surface area contributed by atoms with E-state index in [0.717, 1.165) is 12.1 Å². The van der Waals surface area contributed by atoms with Gasteiger partial charge in [-0.1, -0.05) is 6.07 Å². The Morgan fingerprint density at radius 3 is 2.34 bits per heavy atom. The number of alkyl halides is 3. The predicted molar refractivity (Wildman–Crippen MR) is 97.1 cm³/mol. The Kier molecular flexibility index (Phi) is 5.49. The summed E-state index contributed by atoms with van der Waals surface area (Å²) in [6.07, 6.45) is -3.21. The fraction of sp³-hybridized carbons (Fsp3) is 0.0500. The number of nitrogens with zero attached hydrogens (tertiary/aromatic N) is 1. The smallest absolute Gasteiger partial charge is 0.416 e. The predicted octanol–water partition coefficient (Wildman–Crippen LogP) is 4.84. The number of benzene rings is 2. The standard InChI is InChI=1S/C20H13F3N2O4/c21-20(22,23)14-2-1-3-15(11-14)25-18(26)13-8-9-24-17(10-13)29-16-6-4-12(5-7-16)19(27)28/h1-11H,(H,25,26)(H,27,28). The maximum Gasteiger partial charge on any atom is 0.416 e. The maximum atomic E-state index is 12.8. The number of hydrogen-bond acceptors (Lipinski definition) is 4. The summed E-state index contributed by atoms with van der Waals surface area (Å²) in [5.74, 6) is -1.36. The number of halogens is 3. The van der Waals surface area contributed by atoms with E-state index >= 15 is 0 Å². The molecule has 0 spiro atoms. The molecule has 0 saturated carbocycles. The van der Waals surface area contributed by atoms with Crippen LogP contribution in [0.4, 0.5) is 18.9 Å². The minimum atomic E-state index is -4.52. The fourth-order valence-electron chi connectivity index (χ4n) is 2.37. The average molecular weight is 402 g/mol. The van der Waals surface area contributed by atoms with Crippen LogP contribution in [0.1, 0.15) is 26.3 Å². The molecular formula is C20H13F3N2O4. The van der Waals surface area contributed by atoms with Gasteiger partial charge in [-0.25, -0.2) is 9.78 Å². The summed E-state index contributed by atoms with van der Waals surface area (Å²) in [6, 6.07) is 12.5. The summed E-state index contributed by atoms with van der Waals surface area (Å²) in [5.41, 5.74) is -0.679. The van der Waals surface area contributed by atoms with Crippen molar-refractivity contribution in [2.45, 2.75) is 6.18 Å². The van der Waals surface area contributed by atoms with Gasteiger partial charge in [0.15, 0.2) is 0 Å². The van der Waals surface area contributed by atoms with E-state index in [4.69, 9.17) is 9.84 Å². The van der Waals surface area contributed by atoms with Gasteiger partial charge in [0.25, 0.3) is 5.91 Å². The Balaban J connectivity index is 1.73. The molecule has 6 nitrogen and oxygen atoms in total. The van der Waals surface area contributed by atoms with Gasteiger partial charge in [-0.2, -0.15) is 13.2 Å². The molecule has 3 rings (SSSR count). The monoisotopic (exact) mass is 402 g/mol. The van der Waals surface area contributed by atoms with Gasteiger partial charge in [0, 0.05) is 23.5 Å². The van der Waals surface area contributed by atoms with Crippen molar-refractivity contribution in [1.29, 1.82) is 0 Å². The van der Waals surface area contributed by atoms with Crippen molar-refractivity contribution in [3.05, 3.63) is 83.6 Å². The van der Waals surface area contributed by atoms with Crippen LogP contribution in [0.2, 0.25) is 0 Å². The van der Waals surface area contributed by atoms with Crippen LogP contribution in [0.3, 0.4) is 0 Å². The normalized spacial score (nSPS) is 11.0. The molecule has 148 valence electrons. The minimum absolute atomic E-state index is 0.00614. The third kappa shape index (κ3) is 5.10. The molecule has 2 aromatic carbocycles. The highest BCUT2D eigenvalue weighted by Gasteiger charge is 2.30. The zero-order valence-corrected chi connectivity index (χ0v) is 14.6. The van der Waals surface area contributed by atoms with E-state index in [1.165, 1.54) is 54.7 Å². The van der Waals surface area contributed by atoms with Crippen molar-refractivity contribution in [3.63, 3.8) is 0 Å². The first-order valence-corrected chi connectivity index (χ1v) is 8.18. The number of anilines is 1. The largest absolute Gasteiger partial charge is 0.478 e. The number of carboxylic acid groups (broad SMARTS) is 1. The first kappa shape index (κ1) is 19.9.